The number of phenolic OH excluding ortho intramolecular Hbond substituents is 1. The van der Waals surface area contributed by atoms with Crippen molar-refractivity contribution in [2.24, 2.45) is 0 Å². The molecule has 1 aliphatic heterocycles. The molecule has 5 rings (SSSR count). The van der Waals surface area contributed by atoms with E-state index < -0.39 is 0 Å². The largest absolute Gasteiger partial charge is 0.508 e. The molecule has 0 radical (unpaired) electrons. The third kappa shape index (κ3) is 4.91. The predicted octanol–water partition coefficient (Wildman–Crippen LogP) is 4.42. The Labute approximate surface area is 178 Å². The van der Waals surface area contributed by atoms with E-state index in [2.05, 4.69) is 41.2 Å². The lowest BCUT2D eigenvalue weighted by Gasteiger charge is -2.37. The first kappa shape index (κ1) is 20.6. The fraction of sp³-hybridized carbons (Fsp3) is 0.400. The van der Waals surface area contributed by atoms with Crippen LogP contribution >= 0.6 is 0 Å². The van der Waals surface area contributed by atoms with Crippen molar-refractivity contribution in [3.05, 3.63) is 65.4 Å². The fourth-order valence-corrected chi connectivity index (χ4v) is 4.12. The van der Waals surface area contributed by atoms with Crippen LogP contribution in [0.4, 0.5) is 0 Å². The van der Waals surface area contributed by atoms with Gasteiger partial charge >= 0.3 is 0 Å². The summed E-state index contributed by atoms with van der Waals surface area (Å²) in [5, 5.41) is 14.8. The highest BCUT2D eigenvalue weighted by Crippen LogP contribution is 2.22. The summed E-state index contributed by atoms with van der Waals surface area (Å²) in [6.07, 6.45) is 11.6. The Bertz CT molecular complexity index is 1020. The van der Waals surface area contributed by atoms with Crippen molar-refractivity contribution in [1.82, 2.24) is 14.7 Å². The fourth-order valence-electron chi connectivity index (χ4n) is 4.12. The minimum absolute atomic E-state index is 0.258. The third-order valence-corrected chi connectivity index (χ3v) is 5.95. The van der Waals surface area contributed by atoms with Crippen molar-refractivity contribution in [1.29, 1.82) is 0 Å². The summed E-state index contributed by atoms with van der Waals surface area (Å²) in [5.41, 5.74) is 5.50. The van der Waals surface area contributed by atoms with Crippen LogP contribution in [0.15, 0.2) is 48.7 Å². The number of hydrogen-bond acceptors (Lipinski definition) is 4. The van der Waals surface area contributed by atoms with E-state index in [9.17, 15) is 5.11 Å². The number of aryl methyl sites for hydroxylation is 3. The first-order valence-electron chi connectivity index (χ1n) is 10.8. The second-order valence-electron chi connectivity index (χ2n) is 8.27. The normalized spacial score (nSPS) is 16.9. The van der Waals surface area contributed by atoms with Gasteiger partial charge in [0.1, 0.15) is 5.75 Å². The van der Waals surface area contributed by atoms with E-state index in [0.717, 1.165) is 30.5 Å². The van der Waals surface area contributed by atoms with Crippen LogP contribution in [0.1, 0.15) is 29.5 Å². The number of rotatable bonds is 4. The van der Waals surface area contributed by atoms with Crippen LogP contribution in [0.3, 0.4) is 0 Å². The Morgan fingerprint density at radius 1 is 1.10 bits per heavy atom. The highest BCUT2D eigenvalue weighted by molar-refractivity contribution is 5.81. The first-order valence-corrected chi connectivity index (χ1v) is 10.8. The molecule has 0 spiro atoms. The standard InChI is InChI=1S/C14H17N3O2.C11H14/c1-19-13-9-16(10-13)5-2-6-17-14-7-12(18)4-3-11(14)8-15-17;1-9-6-7-10-4-2-3-5-11(10)8-9/h2-4,6-8,13,18H,5,9-10H2,1H3;6-8H,2-5H2,1H3/b6-2+;. The average Bonchev–Trinajstić information content (AvgIpc) is 3.12. The van der Waals surface area contributed by atoms with Gasteiger partial charge in [0.05, 0.1) is 17.8 Å². The van der Waals surface area contributed by atoms with Crippen LogP contribution in [-0.2, 0) is 17.6 Å². The third-order valence-electron chi connectivity index (χ3n) is 5.95. The number of aromatic hydroxyl groups is 1. The molecule has 1 saturated heterocycles. The monoisotopic (exact) mass is 405 g/mol. The zero-order chi connectivity index (χ0) is 20.9. The number of methoxy groups -OCH3 is 1. The van der Waals surface area contributed by atoms with Gasteiger partial charge in [-0.1, -0.05) is 29.8 Å². The molecule has 30 heavy (non-hydrogen) atoms. The van der Waals surface area contributed by atoms with Crippen LogP contribution in [0.5, 0.6) is 5.75 Å². The molecule has 1 fully saturated rings. The molecule has 1 N–H and O–H groups in total. The van der Waals surface area contributed by atoms with Gasteiger partial charge in [0.2, 0.25) is 0 Å². The molecule has 1 aromatic heterocycles. The summed E-state index contributed by atoms with van der Waals surface area (Å²) >= 11 is 0. The van der Waals surface area contributed by atoms with Crippen LogP contribution in [0.25, 0.3) is 17.1 Å². The highest BCUT2D eigenvalue weighted by Gasteiger charge is 2.24. The highest BCUT2D eigenvalue weighted by atomic mass is 16.5. The molecule has 2 aromatic carbocycles. The summed E-state index contributed by atoms with van der Waals surface area (Å²) in [5.74, 6) is 0.258. The SMILES string of the molecule is COC1CN(C/C=C/n2ncc3ccc(O)cc32)C1.Cc1ccc2c(c1)CCCC2. The quantitative estimate of drug-likeness (QED) is 0.698. The number of nitrogens with zero attached hydrogens (tertiary/aromatic N) is 3. The van der Waals surface area contributed by atoms with Gasteiger partial charge in [-0.3, -0.25) is 4.90 Å². The van der Waals surface area contributed by atoms with Gasteiger partial charge in [0.15, 0.2) is 0 Å². The molecule has 3 aromatic rings. The molecule has 0 unspecified atom stereocenters. The van der Waals surface area contributed by atoms with Crippen molar-refractivity contribution in [2.45, 2.75) is 38.7 Å². The Hall–Kier alpha value is -2.63. The Morgan fingerprint density at radius 2 is 1.90 bits per heavy atom. The van der Waals surface area contributed by atoms with Gasteiger partial charge in [0, 0.05) is 44.4 Å². The average molecular weight is 406 g/mol. The molecule has 0 saturated carbocycles. The van der Waals surface area contributed by atoms with Crippen LogP contribution in [-0.4, -0.2) is 52.6 Å². The van der Waals surface area contributed by atoms with E-state index in [4.69, 9.17) is 4.74 Å². The molecule has 5 nitrogen and oxygen atoms in total. The summed E-state index contributed by atoms with van der Waals surface area (Å²) in [6, 6.07) is 12.1. The molecule has 0 bridgehead atoms. The summed E-state index contributed by atoms with van der Waals surface area (Å²) in [6.45, 7) is 5.04. The number of likely N-dealkylation sites (tertiary alicyclic amines) is 1. The summed E-state index contributed by atoms with van der Waals surface area (Å²) in [7, 11) is 1.75. The second kappa shape index (κ2) is 9.45. The number of benzene rings is 2. The number of ether oxygens (including phenoxy) is 1. The molecular weight excluding hydrogens is 374 g/mol. The van der Waals surface area contributed by atoms with E-state index in [1.807, 2.05) is 12.3 Å². The van der Waals surface area contributed by atoms with E-state index in [1.165, 1.54) is 31.2 Å². The van der Waals surface area contributed by atoms with Crippen LogP contribution in [0, 0.1) is 6.92 Å². The maximum absolute atomic E-state index is 9.50. The van der Waals surface area contributed by atoms with Crippen molar-refractivity contribution in [2.75, 3.05) is 26.7 Å². The van der Waals surface area contributed by atoms with Crippen molar-refractivity contribution >= 4 is 17.1 Å². The summed E-state index contributed by atoms with van der Waals surface area (Å²) in [4.78, 5) is 2.30. The smallest absolute Gasteiger partial charge is 0.117 e. The molecule has 0 atom stereocenters. The minimum atomic E-state index is 0.258. The van der Waals surface area contributed by atoms with Gasteiger partial charge in [-0.2, -0.15) is 5.10 Å². The lowest BCUT2D eigenvalue weighted by molar-refractivity contribution is -0.0232. The molecule has 5 heteroatoms. The van der Waals surface area contributed by atoms with Gasteiger partial charge in [-0.25, -0.2) is 4.68 Å². The zero-order valence-corrected chi connectivity index (χ0v) is 17.9. The van der Waals surface area contributed by atoms with Gasteiger partial charge in [-0.15, -0.1) is 0 Å². The molecular formula is C25H31N3O2. The number of aromatic nitrogens is 2. The Kier molecular flexibility index (Phi) is 6.50. The molecule has 2 heterocycles. The zero-order valence-electron chi connectivity index (χ0n) is 17.9. The molecule has 2 aliphatic rings. The van der Waals surface area contributed by atoms with E-state index in [0.29, 0.717) is 6.10 Å². The van der Waals surface area contributed by atoms with Crippen LogP contribution in [0.2, 0.25) is 0 Å². The lowest BCUT2D eigenvalue weighted by atomic mass is 9.91. The van der Waals surface area contributed by atoms with E-state index in [-0.39, 0.29) is 5.75 Å². The van der Waals surface area contributed by atoms with Gasteiger partial charge in [0.25, 0.3) is 0 Å². The topological polar surface area (TPSA) is 50.5 Å². The van der Waals surface area contributed by atoms with Crippen LogP contribution < -0.4 is 0 Å². The van der Waals surface area contributed by atoms with Gasteiger partial charge in [-0.05, 0) is 55.9 Å². The second-order valence-corrected chi connectivity index (χ2v) is 8.27. The Balaban J connectivity index is 0.000000168. The molecule has 0 amide bonds. The number of phenols is 1. The number of fused-ring (bicyclic) bond motifs is 2. The van der Waals surface area contributed by atoms with Crippen molar-refractivity contribution in [3.8, 4) is 5.75 Å². The van der Waals surface area contributed by atoms with Crippen molar-refractivity contribution in [3.63, 3.8) is 0 Å². The molecule has 158 valence electrons. The maximum Gasteiger partial charge on any atom is 0.117 e. The predicted molar refractivity (Wildman–Crippen MR) is 122 cm³/mol. The first-order chi connectivity index (χ1) is 14.6. The van der Waals surface area contributed by atoms with E-state index >= 15 is 0 Å². The molecule has 1 aliphatic carbocycles. The maximum atomic E-state index is 9.50. The van der Waals surface area contributed by atoms with Gasteiger partial charge < -0.3 is 9.84 Å². The Morgan fingerprint density at radius 3 is 2.70 bits per heavy atom. The van der Waals surface area contributed by atoms with Crippen molar-refractivity contribution < 1.29 is 9.84 Å². The minimum Gasteiger partial charge on any atom is -0.508 e. The summed E-state index contributed by atoms with van der Waals surface area (Å²) < 4.78 is 7.01. The number of hydrogen-bond donors (Lipinski definition) is 1. The lowest BCUT2D eigenvalue weighted by Crippen LogP contribution is -2.51. The van der Waals surface area contributed by atoms with E-state index in [1.54, 1.807) is 41.2 Å².